The smallest absolute Gasteiger partial charge is 0.131 e. The van der Waals surface area contributed by atoms with E-state index in [4.69, 9.17) is 16.3 Å². The number of hydrogen-bond donors (Lipinski definition) is 1. The Morgan fingerprint density at radius 3 is 3.00 bits per heavy atom. The summed E-state index contributed by atoms with van der Waals surface area (Å²) in [4.78, 5) is 4.12. The molecular formula is C11H17ClN2O. The lowest BCUT2D eigenvalue weighted by Crippen LogP contribution is -2.07. The van der Waals surface area contributed by atoms with Gasteiger partial charge >= 0.3 is 0 Å². The van der Waals surface area contributed by atoms with Crippen molar-refractivity contribution in [1.82, 2.24) is 4.98 Å². The van der Waals surface area contributed by atoms with Crippen LogP contribution in [0, 0.1) is 0 Å². The number of ether oxygens (including phenoxy) is 1. The van der Waals surface area contributed by atoms with Crippen LogP contribution in [0.25, 0.3) is 0 Å². The van der Waals surface area contributed by atoms with E-state index < -0.39 is 0 Å². The van der Waals surface area contributed by atoms with Crippen LogP contribution in [-0.2, 0) is 4.74 Å². The first-order chi connectivity index (χ1) is 7.33. The average Bonchev–Trinajstić information content (AvgIpc) is 2.23. The number of nitrogens with one attached hydrogen (secondary N) is 1. The molecule has 1 rings (SSSR count). The van der Waals surface area contributed by atoms with Gasteiger partial charge in [0.05, 0.1) is 0 Å². The third-order valence-corrected chi connectivity index (χ3v) is 2.05. The van der Waals surface area contributed by atoms with Crippen LogP contribution in [0.5, 0.6) is 0 Å². The number of pyridine rings is 1. The number of aromatic nitrogens is 1. The van der Waals surface area contributed by atoms with Gasteiger partial charge in [0.25, 0.3) is 0 Å². The van der Waals surface area contributed by atoms with Crippen molar-refractivity contribution in [3.63, 3.8) is 0 Å². The van der Waals surface area contributed by atoms with Crippen LogP contribution in [0.15, 0.2) is 18.2 Å². The molecule has 0 aliphatic heterocycles. The molecule has 0 fully saturated rings. The number of rotatable bonds is 7. The van der Waals surface area contributed by atoms with Crippen LogP contribution >= 0.6 is 11.6 Å². The van der Waals surface area contributed by atoms with Crippen LogP contribution in [0.4, 0.5) is 5.82 Å². The quantitative estimate of drug-likeness (QED) is 0.576. The van der Waals surface area contributed by atoms with Gasteiger partial charge in [0, 0.05) is 19.8 Å². The Balaban J connectivity index is 2.10. The Hall–Kier alpha value is -0.800. The van der Waals surface area contributed by atoms with E-state index in [9.17, 15) is 0 Å². The van der Waals surface area contributed by atoms with Gasteiger partial charge < -0.3 is 10.1 Å². The zero-order valence-electron chi connectivity index (χ0n) is 9.00. The fourth-order valence-electron chi connectivity index (χ4n) is 1.14. The molecule has 0 saturated carbocycles. The molecule has 3 nitrogen and oxygen atoms in total. The SMILES string of the molecule is CCCOCCCNc1cccc(Cl)n1. The van der Waals surface area contributed by atoms with Gasteiger partial charge in [-0.05, 0) is 25.0 Å². The Morgan fingerprint density at radius 1 is 1.40 bits per heavy atom. The topological polar surface area (TPSA) is 34.1 Å². The van der Waals surface area contributed by atoms with E-state index in [2.05, 4.69) is 17.2 Å². The van der Waals surface area contributed by atoms with Crippen molar-refractivity contribution in [1.29, 1.82) is 0 Å². The summed E-state index contributed by atoms with van der Waals surface area (Å²) in [5, 5.41) is 3.70. The van der Waals surface area contributed by atoms with E-state index in [1.807, 2.05) is 12.1 Å². The molecule has 1 heterocycles. The third kappa shape index (κ3) is 5.60. The van der Waals surface area contributed by atoms with E-state index in [-0.39, 0.29) is 0 Å². The second-order valence-electron chi connectivity index (χ2n) is 3.24. The zero-order valence-corrected chi connectivity index (χ0v) is 9.76. The average molecular weight is 229 g/mol. The molecule has 0 aliphatic carbocycles. The lowest BCUT2D eigenvalue weighted by Gasteiger charge is -2.05. The van der Waals surface area contributed by atoms with Crippen molar-refractivity contribution < 1.29 is 4.74 Å². The van der Waals surface area contributed by atoms with Gasteiger partial charge in [-0.3, -0.25) is 0 Å². The predicted octanol–water partition coefficient (Wildman–Crippen LogP) is 2.96. The largest absolute Gasteiger partial charge is 0.381 e. The Labute approximate surface area is 95.8 Å². The third-order valence-electron chi connectivity index (χ3n) is 1.84. The molecule has 4 heteroatoms. The highest BCUT2D eigenvalue weighted by molar-refractivity contribution is 6.29. The number of hydrogen-bond acceptors (Lipinski definition) is 3. The molecule has 84 valence electrons. The van der Waals surface area contributed by atoms with Crippen LogP contribution in [0.1, 0.15) is 19.8 Å². The van der Waals surface area contributed by atoms with E-state index in [0.29, 0.717) is 5.15 Å². The molecule has 0 aliphatic rings. The van der Waals surface area contributed by atoms with E-state index in [0.717, 1.165) is 38.4 Å². The fourth-order valence-corrected chi connectivity index (χ4v) is 1.31. The molecule has 15 heavy (non-hydrogen) atoms. The van der Waals surface area contributed by atoms with Crippen molar-refractivity contribution in [3.05, 3.63) is 23.4 Å². The maximum Gasteiger partial charge on any atom is 0.131 e. The molecule has 1 N–H and O–H groups in total. The van der Waals surface area contributed by atoms with Crippen LogP contribution in [0.2, 0.25) is 5.15 Å². The summed E-state index contributed by atoms with van der Waals surface area (Å²) >= 11 is 5.75. The maximum atomic E-state index is 5.75. The monoisotopic (exact) mass is 228 g/mol. The first-order valence-corrected chi connectivity index (χ1v) is 5.65. The summed E-state index contributed by atoms with van der Waals surface area (Å²) in [6.45, 7) is 4.60. The van der Waals surface area contributed by atoms with Gasteiger partial charge in [-0.15, -0.1) is 0 Å². The standard InChI is InChI=1S/C11H17ClN2O/c1-2-8-15-9-4-7-13-11-6-3-5-10(12)14-11/h3,5-6H,2,4,7-9H2,1H3,(H,13,14). The molecule has 0 saturated heterocycles. The lowest BCUT2D eigenvalue weighted by molar-refractivity contribution is 0.134. The Bertz CT molecular complexity index is 281. The van der Waals surface area contributed by atoms with Crippen molar-refractivity contribution in [2.75, 3.05) is 25.1 Å². The first-order valence-electron chi connectivity index (χ1n) is 5.27. The molecule has 0 atom stereocenters. The minimum atomic E-state index is 0.516. The second kappa shape index (κ2) is 7.49. The van der Waals surface area contributed by atoms with Gasteiger partial charge in [-0.25, -0.2) is 4.98 Å². The first kappa shape index (κ1) is 12.3. The van der Waals surface area contributed by atoms with Crippen LogP contribution in [0.3, 0.4) is 0 Å². The zero-order chi connectivity index (χ0) is 10.9. The summed E-state index contributed by atoms with van der Waals surface area (Å²) in [7, 11) is 0. The molecule has 0 unspecified atom stereocenters. The van der Waals surface area contributed by atoms with Gasteiger partial charge in [0.15, 0.2) is 0 Å². The minimum Gasteiger partial charge on any atom is -0.381 e. The number of anilines is 1. The van der Waals surface area contributed by atoms with Crippen LogP contribution < -0.4 is 5.32 Å². The summed E-state index contributed by atoms with van der Waals surface area (Å²) < 4.78 is 5.36. The summed E-state index contributed by atoms with van der Waals surface area (Å²) in [6, 6.07) is 5.54. The summed E-state index contributed by atoms with van der Waals surface area (Å²) in [6.07, 6.45) is 2.05. The van der Waals surface area contributed by atoms with Crippen molar-refractivity contribution in [3.8, 4) is 0 Å². The van der Waals surface area contributed by atoms with Gasteiger partial charge in [0.2, 0.25) is 0 Å². The number of halogens is 1. The lowest BCUT2D eigenvalue weighted by atomic mass is 10.4. The summed E-state index contributed by atoms with van der Waals surface area (Å²) in [5.74, 6) is 0.818. The highest BCUT2D eigenvalue weighted by atomic mass is 35.5. The second-order valence-corrected chi connectivity index (χ2v) is 3.63. The van der Waals surface area contributed by atoms with E-state index >= 15 is 0 Å². The van der Waals surface area contributed by atoms with E-state index in [1.54, 1.807) is 6.07 Å². The minimum absolute atomic E-state index is 0.516. The molecule has 1 aromatic rings. The Morgan fingerprint density at radius 2 is 2.27 bits per heavy atom. The molecule has 0 radical (unpaired) electrons. The molecule has 0 bridgehead atoms. The van der Waals surface area contributed by atoms with Crippen LogP contribution in [-0.4, -0.2) is 24.7 Å². The normalized spacial score (nSPS) is 10.3. The highest BCUT2D eigenvalue weighted by Gasteiger charge is 1.94. The van der Waals surface area contributed by atoms with E-state index in [1.165, 1.54) is 0 Å². The van der Waals surface area contributed by atoms with Gasteiger partial charge in [0.1, 0.15) is 11.0 Å². The molecule has 0 spiro atoms. The fraction of sp³-hybridized carbons (Fsp3) is 0.545. The van der Waals surface area contributed by atoms with Crippen molar-refractivity contribution in [2.45, 2.75) is 19.8 Å². The predicted molar refractivity (Wildman–Crippen MR) is 63.5 cm³/mol. The van der Waals surface area contributed by atoms with Gasteiger partial charge in [-0.2, -0.15) is 0 Å². The molecule has 0 amide bonds. The van der Waals surface area contributed by atoms with Crippen molar-refractivity contribution in [2.24, 2.45) is 0 Å². The number of nitrogens with zero attached hydrogens (tertiary/aromatic N) is 1. The molecule has 0 aromatic carbocycles. The maximum absolute atomic E-state index is 5.75. The highest BCUT2D eigenvalue weighted by Crippen LogP contribution is 2.08. The Kier molecular flexibility index (Phi) is 6.12. The van der Waals surface area contributed by atoms with Crippen molar-refractivity contribution >= 4 is 17.4 Å². The summed E-state index contributed by atoms with van der Waals surface area (Å²) in [5.41, 5.74) is 0. The molecule has 1 aromatic heterocycles. The van der Waals surface area contributed by atoms with Gasteiger partial charge in [-0.1, -0.05) is 24.6 Å². The molecular weight excluding hydrogens is 212 g/mol.